The van der Waals surface area contributed by atoms with Crippen molar-refractivity contribution in [2.45, 2.75) is 25.9 Å². The molecular formula is C27H23Cl2N3O3. The number of fused-ring (bicyclic) bond motifs is 3. The van der Waals surface area contributed by atoms with Crippen LogP contribution in [0.1, 0.15) is 41.7 Å². The Morgan fingerprint density at radius 1 is 1.00 bits per heavy atom. The van der Waals surface area contributed by atoms with Gasteiger partial charge < -0.3 is 13.9 Å². The maximum Gasteiger partial charge on any atom is 0.256 e. The van der Waals surface area contributed by atoms with Crippen LogP contribution < -0.4 is 4.90 Å². The van der Waals surface area contributed by atoms with E-state index in [4.69, 9.17) is 27.6 Å². The number of hydrogen-bond donors (Lipinski definition) is 0. The van der Waals surface area contributed by atoms with Gasteiger partial charge in [-0.15, -0.1) is 0 Å². The number of carbonyl (C=O) groups excluding carboxylic acids is 2. The lowest BCUT2D eigenvalue weighted by molar-refractivity contribution is -0.120. The van der Waals surface area contributed by atoms with E-state index in [-0.39, 0.29) is 29.4 Å². The van der Waals surface area contributed by atoms with Crippen molar-refractivity contribution in [3.63, 3.8) is 0 Å². The predicted molar refractivity (Wildman–Crippen MR) is 136 cm³/mol. The van der Waals surface area contributed by atoms with E-state index < -0.39 is 6.04 Å². The Labute approximate surface area is 213 Å². The normalized spacial score (nSPS) is 14.5. The Hall–Kier alpha value is -3.48. The quantitative estimate of drug-likeness (QED) is 0.315. The fourth-order valence-corrected chi connectivity index (χ4v) is 5.00. The first-order valence-electron chi connectivity index (χ1n) is 11.2. The molecule has 4 aromatic rings. The van der Waals surface area contributed by atoms with Gasteiger partial charge in [-0.25, -0.2) is 0 Å². The molecule has 0 spiro atoms. The van der Waals surface area contributed by atoms with Crippen LogP contribution >= 0.6 is 23.2 Å². The van der Waals surface area contributed by atoms with E-state index in [1.165, 1.54) is 11.0 Å². The Morgan fingerprint density at radius 3 is 2.46 bits per heavy atom. The number of hydrogen-bond acceptors (Lipinski definition) is 3. The molecule has 2 amide bonds. The van der Waals surface area contributed by atoms with Gasteiger partial charge in [-0.05, 0) is 68.4 Å². The van der Waals surface area contributed by atoms with Gasteiger partial charge in [0.15, 0.2) is 0 Å². The van der Waals surface area contributed by atoms with Crippen molar-refractivity contribution in [1.29, 1.82) is 0 Å². The summed E-state index contributed by atoms with van der Waals surface area (Å²) in [5.41, 5.74) is 2.82. The van der Waals surface area contributed by atoms with E-state index in [9.17, 15) is 9.59 Å². The van der Waals surface area contributed by atoms with E-state index in [0.29, 0.717) is 16.3 Å². The first-order chi connectivity index (χ1) is 16.9. The minimum Gasteiger partial charge on any atom is -0.467 e. The Balaban J connectivity index is 1.55. The third-order valence-electron chi connectivity index (χ3n) is 6.15. The number of furan rings is 1. The van der Waals surface area contributed by atoms with E-state index in [1.807, 2.05) is 62.5 Å². The van der Waals surface area contributed by atoms with Gasteiger partial charge in [-0.3, -0.25) is 14.5 Å². The number of para-hydroxylation sites is 2. The molecule has 0 N–H and O–H groups in total. The van der Waals surface area contributed by atoms with Gasteiger partial charge in [0.05, 0.1) is 33.9 Å². The summed E-state index contributed by atoms with van der Waals surface area (Å²) in [5, 5.41) is 0.683. The molecule has 0 saturated heterocycles. The molecule has 1 aliphatic heterocycles. The lowest BCUT2D eigenvalue weighted by Gasteiger charge is -2.38. The van der Waals surface area contributed by atoms with Crippen molar-refractivity contribution in [2.75, 3.05) is 11.4 Å². The molecule has 1 aliphatic rings. The fourth-order valence-electron chi connectivity index (χ4n) is 4.51. The maximum atomic E-state index is 14.0. The number of nitrogens with zero attached hydrogens (tertiary/aromatic N) is 3. The second-order valence-electron chi connectivity index (χ2n) is 8.62. The summed E-state index contributed by atoms with van der Waals surface area (Å²) in [7, 11) is 0. The van der Waals surface area contributed by atoms with E-state index in [1.54, 1.807) is 29.4 Å². The zero-order chi connectivity index (χ0) is 24.7. The summed E-state index contributed by atoms with van der Waals surface area (Å²) in [6.07, 6.45) is 3.57. The summed E-state index contributed by atoms with van der Waals surface area (Å²) in [5.74, 6) is 0.0626. The van der Waals surface area contributed by atoms with E-state index >= 15 is 0 Å². The highest BCUT2D eigenvalue weighted by atomic mass is 35.5. The molecule has 2 aromatic heterocycles. The predicted octanol–water partition coefficient (Wildman–Crippen LogP) is 6.36. The average molecular weight is 508 g/mol. The zero-order valence-electron chi connectivity index (χ0n) is 19.2. The third-order valence-corrected chi connectivity index (χ3v) is 6.70. The first-order valence-corrected chi connectivity index (χ1v) is 12.0. The summed E-state index contributed by atoms with van der Waals surface area (Å²) >= 11 is 12.3. The Kier molecular flexibility index (Phi) is 6.17. The van der Waals surface area contributed by atoms with Crippen molar-refractivity contribution < 1.29 is 14.0 Å². The zero-order valence-corrected chi connectivity index (χ0v) is 20.7. The van der Waals surface area contributed by atoms with Crippen molar-refractivity contribution in [3.8, 4) is 5.69 Å². The first kappa shape index (κ1) is 23.3. The van der Waals surface area contributed by atoms with Gasteiger partial charge in [0.25, 0.3) is 5.91 Å². The second-order valence-corrected chi connectivity index (χ2v) is 9.47. The van der Waals surface area contributed by atoms with Crippen LogP contribution in [0, 0.1) is 0 Å². The Morgan fingerprint density at radius 2 is 1.77 bits per heavy atom. The van der Waals surface area contributed by atoms with Gasteiger partial charge in [-0.2, -0.15) is 0 Å². The van der Waals surface area contributed by atoms with Gasteiger partial charge in [-0.1, -0.05) is 35.3 Å². The van der Waals surface area contributed by atoms with E-state index in [2.05, 4.69) is 4.57 Å². The number of amides is 2. The largest absolute Gasteiger partial charge is 0.467 e. The molecule has 8 heteroatoms. The molecule has 0 fully saturated rings. The Bertz CT molecular complexity index is 1390. The van der Waals surface area contributed by atoms with Crippen molar-refractivity contribution in [1.82, 2.24) is 9.47 Å². The number of anilines is 1. The number of aromatic nitrogens is 1. The van der Waals surface area contributed by atoms with Crippen LogP contribution in [0.3, 0.4) is 0 Å². The van der Waals surface area contributed by atoms with Gasteiger partial charge in [0.2, 0.25) is 5.91 Å². The van der Waals surface area contributed by atoms with Crippen LogP contribution in [-0.4, -0.2) is 33.9 Å². The summed E-state index contributed by atoms with van der Waals surface area (Å²) in [6, 6.07) is 19.3. The molecule has 1 unspecified atom stereocenters. The van der Waals surface area contributed by atoms with Gasteiger partial charge in [0.1, 0.15) is 18.3 Å². The lowest BCUT2D eigenvalue weighted by atomic mass is 10.0. The summed E-state index contributed by atoms with van der Waals surface area (Å²) < 4.78 is 7.83. The minimum absolute atomic E-state index is 0.137. The van der Waals surface area contributed by atoms with Crippen LogP contribution in [0.4, 0.5) is 5.69 Å². The average Bonchev–Trinajstić information content (AvgIpc) is 3.53. The lowest BCUT2D eigenvalue weighted by Crippen LogP contribution is -2.48. The maximum absolute atomic E-state index is 14.0. The van der Waals surface area contributed by atoms with E-state index in [0.717, 1.165) is 17.1 Å². The molecule has 3 heterocycles. The molecule has 0 saturated carbocycles. The number of halogens is 2. The van der Waals surface area contributed by atoms with Crippen molar-refractivity contribution in [3.05, 3.63) is 106 Å². The number of benzene rings is 2. The van der Waals surface area contributed by atoms with Crippen LogP contribution in [0.25, 0.3) is 5.69 Å². The summed E-state index contributed by atoms with van der Waals surface area (Å²) in [6.45, 7) is 3.60. The highest BCUT2D eigenvalue weighted by Crippen LogP contribution is 2.42. The SMILES string of the molecule is CC(C)N(CC(=O)N1c2ccccc2-n2cccc2C1c1ccco1)C(=O)c1ccc(Cl)cc1Cl. The highest BCUT2D eigenvalue weighted by molar-refractivity contribution is 6.36. The molecule has 0 radical (unpaired) electrons. The topological polar surface area (TPSA) is 58.7 Å². The molecule has 2 aromatic carbocycles. The standard InChI is InChI=1S/C27H23Cl2N3O3/c1-17(2)31(27(34)19-12-11-18(28)15-20(19)29)16-25(33)32-22-8-4-3-7-21(22)30-13-5-9-23(30)26(32)24-10-6-14-35-24/h3-15,17,26H,16H2,1-2H3. The molecule has 0 bridgehead atoms. The fraction of sp³-hybridized carbons (Fsp3) is 0.185. The molecule has 6 nitrogen and oxygen atoms in total. The highest BCUT2D eigenvalue weighted by Gasteiger charge is 2.38. The molecule has 0 aliphatic carbocycles. The number of carbonyl (C=O) groups is 2. The third kappa shape index (κ3) is 4.13. The molecule has 178 valence electrons. The van der Waals surface area contributed by atoms with Crippen LogP contribution in [-0.2, 0) is 4.79 Å². The molecule has 35 heavy (non-hydrogen) atoms. The monoisotopic (exact) mass is 507 g/mol. The van der Waals surface area contributed by atoms with Gasteiger partial charge >= 0.3 is 0 Å². The van der Waals surface area contributed by atoms with Crippen molar-refractivity contribution in [2.24, 2.45) is 0 Å². The van der Waals surface area contributed by atoms with Crippen LogP contribution in [0.5, 0.6) is 0 Å². The second kappa shape index (κ2) is 9.29. The minimum atomic E-state index is -0.481. The van der Waals surface area contributed by atoms with Crippen LogP contribution in [0.15, 0.2) is 83.6 Å². The smallest absolute Gasteiger partial charge is 0.256 e. The molecule has 1 atom stereocenters. The van der Waals surface area contributed by atoms with Gasteiger partial charge in [0, 0.05) is 17.3 Å². The number of rotatable bonds is 5. The molecule has 5 rings (SSSR count). The summed E-state index contributed by atoms with van der Waals surface area (Å²) in [4.78, 5) is 30.7. The van der Waals surface area contributed by atoms with Crippen molar-refractivity contribution >= 4 is 40.7 Å². The van der Waals surface area contributed by atoms with Crippen LogP contribution in [0.2, 0.25) is 10.0 Å². The molecular weight excluding hydrogens is 485 g/mol.